The molecule has 0 saturated carbocycles. The maximum Gasteiger partial charge on any atom is 0.174 e. The predicted molar refractivity (Wildman–Crippen MR) is 173 cm³/mol. The summed E-state index contributed by atoms with van der Waals surface area (Å²) in [5.41, 5.74) is 6.87. The molecule has 0 fully saturated rings. The van der Waals surface area contributed by atoms with Gasteiger partial charge >= 0.3 is 0 Å². The van der Waals surface area contributed by atoms with Gasteiger partial charge in [-0.15, -0.1) is 0 Å². The van der Waals surface area contributed by atoms with E-state index < -0.39 is 5.92 Å². The lowest BCUT2D eigenvalue weighted by atomic mass is 9.71. The highest BCUT2D eigenvalue weighted by Crippen LogP contribution is 2.50. The van der Waals surface area contributed by atoms with E-state index in [0.29, 0.717) is 36.0 Å². The monoisotopic (exact) mass is 693 g/mol. The smallest absolute Gasteiger partial charge is 0.174 e. The molecule has 0 unspecified atom stereocenters. The van der Waals surface area contributed by atoms with Crippen LogP contribution in [0.2, 0.25) is 5.02 Å². The molecule has 0 bridgehead atoms. The summed E-state index contributed by atoms with van der Waals surface area (Å²) in [7, 11) is 1.63. The summed E-state index contributed by atoms with van der Waals surface area (Å²) in [4.78, 5) is 29.8. The van der Waals surface area contributed by atoms with Gasteiger partial charge in [0, 0.05) is 52.9 Å². The van der Waals surface area contributed by atoms with Crippen molar-refractivity contribution >= 4 is 45.8 Å². The number of ketones is 2. The number of hydrogen-bond donors (Lipinski definition) is 0. The van der Waals surface area contributed by atoms with Gasteiger partial charge in [0.1, 0.15) is 6.61 Å². The molecular formula is C35H33ClINO4. The van der Waals surface area contributed by atoms with Crippen molar-refractivity contribution in [3.63, 3.8) is 0 Å². The predicted octanol–water partition coefficient (Wildman–Crippen LogP) is 8.19. The van der Waals surface area contributed by atoms with Crippen LogP contribution < -0.4 is 9.47 Å². The minimum absolute atomic E-state index is 0.145. The van der Waals surface area contributed by atoms with Gasteiger partial charge in [-0.3, -0.25) is 9.59 Å². The van der Waals surface area contributed by atoms with Gasteiger partial charge in [-0.2, -0.15) is 0 Å². The Hall–Kier alpha value is -3.10. The Kier molecular flexibility index (Phi) is 8.72. The summed E-state index contributed by atoms with van der Waals surface area (Å²) in [5.74, 6) is 1.11. The van der Waals surface area contributed by atoms with Gasteiger partial charge < -0.3 is 14.4 Å². The highest BCUT2D eigenvalue weighted by Gasteiger charge is 2.43. The third-order valence-electron chi connectivity index (χ3n) is 8.41. The Balaban J connectivity index is 1.41. The Morgan fingerprint density at radius 3 is 2.17 bits per heavy atom. The third kappa shape index (κ3) is 5.76. The number of ether oxygens (including phenoxy) is 2. The topological polar surface area (TPSA) is 55.8 Å². The summed E-state index contributed by atoms with van der Waals surface area (Å²) in [6.45, 7) is 1.10. The van der Waals surface area contributed by atoms with Crippen LogP contribution >= 0.6 is 34.2 Å². The number of rotatable bonds is 8. The fourth-order valence-corrected chi connectivity index (χ4v) is 7.53. The van der Waals surface area contributed by atoms with Crippen molar-refractivity contribution in [2.75, 3.05) is 13.7 Å². The molecule has 0 radical (unpaired) electrons. The maximum atomic E-state index is 13.7. The quantitative estimate of drug-likeness (QED) is 0.223. The second-order valence-corrected chi connectivity index (χ2v) is 12.6. The molecule has 0 N–H and O–H groups in total. The Morgan fingerprint density at radius 1 is 0.857 bits per heavy atom. The van der Waals surface area contributed by atoms with Crippen molar-refractivity contribution in [1.29, 1.82) is 0 Å². The van der Waals surface area contributed by atoms with Crippen molar-refractivity contribution < 1.29 is 19.1 Å². The van der Waals surface area contributed by atoms with Gasteiger partial charge in [0.25, 0.3) is 0 Å². The molecule has 2 aliphatic carbocycles. The number of Topliss-reactive ketones (excluding diaryl/α,β-unsaturated/α-hetero) is 2. The van der Waals surface area contributed by atoms with Gasteiger partial charge in [0.15, 0.2) is 23.1 Å². The standard InChI is InChI=1S/C35H33ClINO4/c1-41-31-20-24(19-26(37)35(31)42-21-23-10-5-11-25(36)18-23)32-33-27(12-6-14-29(33)39)38(17-16-22-8-3-2-4-9-22)28-13-7-15-30(40)34(28)32/h2-5,8-11,18-20,32H,6-7,12-17,21H2,1H3. The van der Waals surface area contributed by atoms with E-state index in [4.69, 9.17) is 21.1 Å². The highest BCUT2D eigenvalue weighted by molar-refractivity contribution is 14.1. The zero-order valence-corrected chi connectivity index (χ0v) is 26.5. The number of nitrogens with zero attached hydrogens (tertiary/aromatic N) is 1. The summed E-state index contributed by atoms with van der Waals surface area (Å²) in [6.07, 6.45) is 5.21. The summed E-state index contributed by atoms with van der Waals surface area (Å²) < 4.78 is 12.9. The van der Waals surface area contributed by atoms with Crippen LogP contribution in [-0.4, -0.2) is 30.1 Å². The first-order valence-electron chi connectivity index (χ1n) is 14.5. The van der Waals surface area contributed by atoms with Gasteiger partial charge in [-0.1, -0.05) is 54.1 Å². The van der Waals surface area contributed by atoms with Gasteiger partial charge in [0.2, 0.25) is 0 Å². The molecule has 3 aromatic carbocycles. The van der Waals surface area contributed by atoms with Gasteiger partial charge in [0.05, 0.1) is 10.7 Å². The minimum Gasteiger partial charge on any atom is -0.493 e. The average Bonchev–Trinajstić information content (AvgIpc) is 2.99. The van der Waals surface area contributed by atoms with E-state index in [2.05, 4.69) is 57.8 Å². The fourth-order valence-electron chi connectivity index (χ4n) is 6.53. The van der Waals surface area contributed by atoms with E-state index in [-0.39, 0.29) is 11.6 Å². The van der Waals surface area contributed by atoms with Crippen LogP contribution in [0.3, 0.4) is 0 Å². The summed E-state index contributed by atoms with van der Waals surface area (Å²) in [5, 5.41) is 0.658. The van der Waals surface area contributed by atoms with Crippen molar-refractivity contribution in [3.8, 4) is 11.5 Å². The summed E-state index contributed by atoms with van der Waals surface area (Å²) in [6, 6.07) is 22.0. The van der Waals surface area contributed by atoms with E-state index in [1.54, 1.807) is 7.11 Å². The van der Waals surface area contributed by atoms with Crippen molar-refractivity contribution in [2.45, 2.75) is 57.5 Å². The van der Waals surface area contributed by atoms with E-state index >= 15 is 0 Å². The van der Waals surface area contributed by atoms with Crippen LogP contribution in [0, 0.1) is 3.57 Å². The van der Waals surface area contributed by atoms with Crippen LogP contribution in [-0.2, 0) is 22.6 Å². The van der Waals surface area contributed by atoms with Gasteiger partial charge in [-0.25, -0.2) is 0 Å². The Bertz CT molecular complexity index is 1550. The van der Waals surface area contributed by atoms with Gasteiger partial charge in [-0.05, 0) is 95.7 Å². The number of carbonyl (C=O) groups excluding carboxylic acids is 2. The number of carbonyl (C=O) groups is 2. The lowest BCUT2D eigenvalue weighted by Gasteiger charge is -2.44. The SMILES string of the molecule is COc1cc(C2C3=C(CCCC3=O)N(CCc3ccccc3)C3=C2C(=O)CCC3)cc(I)c1OCc1cccc(Cl)c1. The first-order valence-corrected chi connectivity index (χ1v) is 16.0. The lowest BCUT2D eigenvalue weighted by molar-refractivity contribution is -0.117. The van der Waals surface area contributed by atoms with Crippen LogP contribution in [0.15, 0.2) is 89.3 Å². The molecule has 3 aliphatic rings. The number of halogens is 2. The second kappa shape index (κ2) is 12.6. The molecule has 0 spiro atoms. The molecule has 5 nitrogen and oxygen atoms in total. The number of allylic oxidation sites excluding steroid dienone is 4. The zero-order valence-electron chi connectivity index (χ0n) is 23.6. The van der Waals surface area contributed by atoms with E-state index in [0.717, 1.165) is 75.9 Å². The largest absolute Gasteiger partial charge is 0.493 e. The molecule has 3 aromatic rings. The molecule has 0 amide bonds. The van der Waals surface area contributed by atoms with Crippen LogP contribution in [0.5, 0.6) is 11.5 Å². The lowest BCUT2D eigenvalue weighted by Crippen LogP contribution is -2.40. The molecule has 7 heteroatoms. The summed E-state index contributed by atoms with van der Waals surface area (Å²) >= 11 is 8.44. The number of hydrogen-bond acceptors (Lipinski definition) is 5. The molecule has 1 heterocycles. The maximum absolute atomic E-state index is 13.7. The molecule has 0 atom stereocenters. The minimum atomic E-state index is -0.395. The second-order valence-electron chi connectivity index (χ2n) is 11.0. The Morgan fingerprint density at radius 2 is 1.52 bits per heavy atom. The molecule has 0 saturated heterocycles. The van der Waals surface area contributed by atoms with E-state index in [1.165, 1.54) is 5.56 Å². The number of methoxy groups -OCH3 is 1. The number of benzene rings is 3. The molecule has 1 aliphatic heterocycles. The molecule has 0 aromatic heterocycles. The zero-order chi connectivity index (χ0) is 29.2. The van der Waals surface area contributed by atoms with Crippen LogP contribution in [0.4, 0.5) is 0 Å². The first-order chi connectivity index (χ1) is 20.4. The molecular weight excluding hydrogens is 661 g/mol. The first kappa shape index (κ1) is 29.0. The molecule has 42 heavy (non-hydrogen) atoms. The van der Waals surface area contributed by atoms with Crippen molar-refractivity contribution in [1.82, 2.24) is 4.90 Å². The van der Waals surface area contributed by atoms with E-state index in [1.807, 2.05) is 36.4 Å². The van der Waals surface area contributed by atoms with Crippen molar-refractivity contribution in [2.24, 2.45) is 0 Å². The Labute approximate surface area is 265 Å². The van der Waals surface area contributed by atoms with Crippen LogP contribution in [0.1, 0.15) is 61.1 Å². The molecule has 216 valence electrons. The fraction of sp³-hybridized carbons (Fsp3) is 0.314. The van der Waals surface area contributed by atoms with E-state index in [9.17, 15) is 9.59 Å². The molecule has 6 rings (SSSR count). The van der Waals surface area contributed by atoms with Crippen molar-refractivity contribution in [3.05, 3.63) is 115 Å². The average molecular weight is 694 g/mol. The normalized spacial score (nSPS) is 17.4. The van der Waals surface area contributed by atoms with Crippen LogP contribution in [0.25, 0.3) is 0 Å². The third-order valence-corrected chi connectivity index (χ3v) is 9.45. The highest BCUT2D eigenvalue weighted by atomic mass is 127.